The van der Waals surface area contributed by atoms with Gasteiger partial charge in [-0.1, -0.05) is 6.92 Å². The number of nitrogens with zero attached hydrogens (tertiary/aromatic N) is 2. The highest BCUT2D eigenvalue weighted by Gasteiger charge is 2.12. The van der Waals surface area contributed by atoms with E-state index in [1.54, 1.807) is 6.92 Å². The van der Waals surface area contributed by atoms with Gasteiger partial charge in [-0.05, 0) is 19.3 Å². The molecule has 1 aromatic rings. The van der Waals surface area contributed by atoms with Crippen LogP contribution >= 0.6 is 0 Å². The molecule has 2 atom stereocenters. The van der Waals surface area contributed by atoms with Gasteiger partial charge in [0.1, 0.15) is 12.2 Å². The van der Waals surface area contributed by atoms with E-state index in [1.807, 2.05) is 6.92 Å². The fourth-order valence-corrected chi connectivity index (χ4v) is 1.48. The third-order valence-corrected chi connectivity index (χ3v) is 2.65. The smallest absolute Gasteiger partial charge is 0.315 e. The van der Waals surface area contributed by atoms with Crippen molar-refractivity contribution in [2.75, 3.05) is 6.54 Å². The van der Waals surface area contributed by atoms with E-state index in [4.69, 9.17) is 5.11 Å². The van der Waals surface area contributed by atoms with Crippen molar-refractivity contribution >= 4 is 12.0 Å². The lowest BCUT2D eigenvalue weighted by Crippen LogP contribution is -2.39. The zero-order valence-electron chi connectivity index (χ0n) is 11.0. The maximum atomic E-state index is 11.6. The number of carbonyl (C=O) groups is 2. The molecule has 19 heavy (non-hydrogen) atoms. The Balaban J connectivity index is 2.22. The molecule has 0 saturated carbocycles. The van der Waals surface area contributed by atoms with E-state index in [1.165, 1.54) is 6.33 Å². The number of H-pyrrole nitrogens is 1. The molecule has 2 unspecified atom stereocenters. The molecular weight excluding hydrogens is 250 g/mol. The number of carboxylic acid groups (broad SMARTS) is 1. The number of urea groups is 1. The summed E-state index contributed by atoms with van der Waals surface area (Å²) in [5, 5.41) is 20.3. The number of nitrogens with one attached hydrogen (secondary N) is 3. The SMILES string of the molecule is CC(CCC(=O)O)CNC(=O)NC(C)c1ncn[nH]1. The summed E-state index contributed by atoms with van der Waals surface area (Å²) in [5.41, 5.74) is 0. The first-order valence-electron chi connectivity index (χ1n) is 6.10. The van der Waals surface area contributed by atoms with Crippen LogP contribution in [0.25, 0.3) is 0 Å². The molecule has 2 amide bonds. The van der Waals surface area contributed by atoms with E-state index in [2.05, 4.69) is 25.8 Å². The first-order chi connectivity index (χ1) is 8.99. The highest BCUT2D eigenvalue weighted by Crippen LogP contribution is 2.05. The highest BCUT2D eigenvalue weighted by molar-refractivity contribution is 5.74. The third kappa shape index (κ3) is 5.84. The Morgan fingerprint density at radius 3 is 2.79 bits per heavy atom. The van der Waals surface area contributed by atoms with Crippen LogP contribution in [-0.2, 0) is 4.79 Å². The van der Waals surface area contributed by atoms with Gasteiger partial charge in [-0.2, -0.15) is 5.10 Å². The number of hydrogen-bond donors (Lipinski definition) is 4. The molecule has 0 fully saturated rings. The van der Waals surface area contributed by atoms with Gasteiger partial charge < -0.3 is 15.7 Å². The Morgan fingerprint density at radius 1 is 1.47 bits per heavy atom. The van der Waals surface area contributed by atoms with Crippen molar-refractivity contribution in [3.8, 4) is 0 Å². The van der Waals surface area contributed by atoms with Crippen LogP contribution in [-0.4, -0.2) is 38.8 Å². The average molecular weight is 269 g/mol. The molecule has 8 nitrogen and oxygen atoms in total. The largest absolute Gasteiger partial charge is 0.481 e. The number of amides is 2. The lowest BCUT2D eigenvalue weighted by Gasteiger charge is -2.14. The minimum Gasteiger partial charge on any atom is -0.481 e. The highest BCUT2D eigenvalue weighted by atomic mass is 16.4. The van der Waals surface area contributed by atoms with Gasteiger partial charge in [0, 0.05) is 13.0 Å². The number of carboxylic acids is 1. The Labute approximate surface area is 111 Å². The number of hydrogen-bond acceptors (Lipinski definition) is 4. The molecule has 1 rings (SSSR count). The second kappa shape index (κ2) is 7.34. The first kappa shape index (κ1) is 14.9. The molecule has 1 aromatic heterocycles. The molecule has 4 N–H and O–H groups in total. The van der Waals surface area contributed by atoms with Crippen LogP contribution in [0.3, 0.4) is 0 Å². The second-order valence-electron chi connectivity index (χ2n) is 4.48. The Hall–Kier alpha value is -2.12. The van der Waals surface area contributed by atoms with Crippen LogP contribution in [0.2, 0.25) is 0 Å². The summed E-state index contributed by atoms with van der Waals surface area (Å²) < 4.78 is 0. The van der Waals surface area contributed by atoms with Gasteiger partial charge in [-0.15, -0.1) is 0 Å². The maximum Gasteiger partial charge on any atom is 0.315 e. The number of aliphatic carboxylic acids is 1. The second-order valence-corrected chi connectivity index (χ2v) is 4.48. The van der Waals surface area contributed by atoms with Crippen molar-refractivity contribution in [3.63, 3.8) is 0 Å². The molecule has 0 aliphatic heterocycles. The summed E-state index contributed by atoms with van der Waals surface area (Å²) in [6, 6.07) is -0.581. The number of aromatic amines is 1. The number of aromatic nitrogens is 3. The standard InChI is InChI=1S/C11H19N5O3/c1-7(3-4-9(17)18)5-12-11(19)15-8(2)10-13-6-14-16-10/h6-8H,3-5H2,1-2H3,(H,17,18)(H2,12,15,19)(H,13,14,16). The van der Waals surface area contributed by atoms with Gasteiger partial charge in [-0.25, -0.2) is 9.78 Å². The predicted octanol–water partition coefficient (Wildman–Crippen LogP) is 0.666. The van der Waals surface area contributed by atoms with Crippen LogP contribution in [0.5, 0.6) is 0 Å². The molecule has 0 aromatic carbocycles. The molecular formula is C11H19N5O3. The van der Waals surface area contributed by atoms with Gasteiger partial charge in [0.25, 0.3) is 0 Å². The summed E-state index contributed by atoms with van der Waals surface area (Å²) in [4.78, 5) is 25.9. The molecule has 0 aliphatic carbocycles. The molecule has 0 saturated heterocycles. The van der Waals surface area contributed by atoms with E-state index in [0.717, 1.165) is 0 Å². The average Bonchev–Trinajstić information content (AvgIpc) is 2.87. The van der Waals surface area contributed by atoms with Crippen molar-refractivity contribution in [2.24, 2.45) is 5.92 Å². The predicted molar refractivity (Wildman–Crippen MR) is 67.4 cm³/mol. The Bertz CT molecular complexity index is 406. The quantitative estimate of drug-likeness (QED) is 0.579. The molecule has 1 heterocycles. The number of carbonyl (C=O) groups excluding carboxylic acids is 1. The van der Waals surface area contributed by atoms with Crippen LogP contribution < -0.4 is 10.6 Å². The summed E-state index contributed by atoms with van der Waals surface area (Å²) in [7, 11) is 0. The van der Waals surface area contributed by atoms with E-state index >= 15 is 0 Å². The zero-order chi connectivity index (χ0) is 14.3. The zero-order valence-corrected chi connectivity index (χ0v) is 11.0. The van der Waals surface area contributed by atoms with Crippen molar-refractivity contribution in [3.05, 3.63) is 12.2 Å². The molecule has 8 heteroatoms. The fraction of sp³-hybridized carbons (Fsp3) is 0.636. The van der Waals surface area contributed by atoms with Gasteiger partial charge in [0.15, 0.2) is 0 Å². The topological polar surface area (TPSA) is 120 Å². The van der Waals surface area contributed by atoms with Gasteiger partial charge in [0.05, 0.1) is 6.04 Å². The summed E-state index contributed by atoms with van der Waals surface area (Å²) in [5.74, 6) is -0.133. The molecule has 0 aliphatic rings. The lowest BCUT2D eigenvalue weighted by atomic mass is 10.1. The first-order valence-corrected chi connectivity index (χ1v) is 6.10. The van der Waals surface area contributed by atoms with Crippen molar-refractivity contribution in [1.82, 2.24) is 25.8 Å². The van der Waals surface area contributed by atoms with Crippen molar-refractivity contribution in [1.29, 1.82) is 0 Å². The maximum absolute atomic E-state index is 11.6. The summed E-state index contributed by atoms with van der Waals surface area (Å²) >= 11 is 0. The van der Waals surface area contributed by atoms with Crippen LogP contribution in [0.1, 0.15) is 38.6 Å². The number of rotatable bonds is 7. The summed E-state index contributed by atoms with van der Waals surface area (Å²) in [6.45, 7) is 4.11. The minimum atomic E-state index is -0.824. The summed E-state index contributed by atoms with van der Waals surface area (Å²) in [6.07, 6.45) is 2.02. The minimum absolute atomic E-state index is 0.110. The van der Waals surface area contributed by atoms with Crippen LogP contribution in [0, 0.1) is 5.92 Å². The van der Waals surface area contributed by atoms with Crippen LogP contribution in [0.4, 0.5) is 4.79 Å². The Kier molecular flexibility index (Phi) is 5.77. The van der Waals surface area contributed by atoms with Gasteiger partial charge in [0.2, 0.25) is 0 Å². The van der Waals surface area contributed by atoms with Crippen molar-refractivity contribution in [2.45, 2.75) is 32.7 Å². The molecule has 0 radical (unpaired) electrons. The third-order valence-electron chi connectivity index (χ3n) is 2.65. The molecule has 0 bridgehead atoms. The van der Waals surface area contributed by atoms with Crippen molar-refractivity contribution < 1.29 is 14.7 Å². The molecule has 0 spiro atoms. The van der Waals surface area contributed by atoms with E-state index in [-0.39, 0.29) is 24.4 Å². The monoisotopic (exact) mass is 269 g/mol. The molecule has 106 valence electrons. The van der Waals surface area contributed by atoms with E-state index in [9.17, 15) is 9.59 Å². The van der Waals surface area contributed by atoms with Gasteiger partial charge in [-0.3, -0.25) is 9.89 Å². The lowest BCUT2D eigenvalue weighted by molar-refractivity contribution is -0.137. The van der Waals surface area contributed by atoms with Crippen LogP contribution in [0.15, 0.2) is 6.33 Å². The normalized spacial score (nSPS) is 13.6. The van der Waals surface area contributed by atoms with E-state index in [0.29, 0.717) is 18.8 Å². The Morgan fingerprint density at radius 2 is 2.21 bits per heavy atom. The fourth-order valence-electron chi connectivity index (χ4n) is 1.48. The van der Waals surface area contributed by atoms with E-state index < -0.39 is 5.97 Å². The van der Waals surface area contributed by atoms with Gasteiger partial charge >= 0.3 is 12.0 Å².